The van der Waals surface area contributed by atoms with Crippen LogP contribution in [-0.4, -0.2) is 32.6 Å². The zero-order valence-corrected chi connectivity index (χ0v) is 11.8. The van der Waals surface area contributed by atoms with Gasteiger partial charge >= 0.3 is 0 Å². The molecule has 0 fully saturated rings. The van der Waals surface area contributed by atoms with Gasteiger partial charge in [0.2, 0.25) is 0 Å². The highest BCUT2D eigenvalue weighted by molar-refractivity contribution is 5.96. The van der Waals surface area contributed by atoms with Crippen molar-refractivity contribution in [3.8, 4) is 0 Å². The van der Waals surface area contributed by atoms with Gasteiger partial charge in [-0.2, -0.15) is 0 Å². The molecule has 0 unspecified atom stereocenters. The maximum Gasteiger partial charge on any atom is 0.165 e. The number of nitrogens with zero attached hydrogens (tertiary/aromatic N) is 1. The molecule has 0 saturated carbocycles. The van der Waals surface area contributed by atoms with E-state index in [9.17, 15) is 4.79 Å². The van der Waals surface area contributed by atoms with Crippen molar-refractivity contribution in [2.75, 3.05) is 31.7 Å². The van der Waals surface area contributed by atoms with E-state index in [0.29, 0.717) is 13.0 Å². The van der Waals surface area contributed by atoms with E-state index in [1.165, 1.54) is 5.69 Å². The topological polar surface area (TPSA) is 29.5 Å². The number of Topliss-reactive ketones (excluding diaryl/α,β-unsaturated/α-hetero) is 1. The first-order valence-electron chi connectivity index (χ1n) is 6.51. The summed E-state index contributed by atoms with van der Waals surface area (Å²) in [6, 6.07) is 5.94. The van der Waals surface area contributed by atoms with Crippen LogP contribution < -0.4 is 4.90 Å². The van der Waals surface area contributed by atoms with Crippen molar-refractivity contribution in [2.24, 2.45) is 0 Å². The zero-order valence-electron chi connectivity index (χ0n) is 11.8. The van der Waals surface area contributed by atoms with Crippen LogP contribution in [0.2, 0.25) is 0 Å². The van der Waals surface area contributed by atoms with Crippen molar-refractivity contribution in [2.45, 2.75) is 27.2 Å². The summed E-state index contributed by atoms with van der Waals surface area (Å²) in [7, 11) is 1.61. The second-order valence-electron chi connectivity index (χ2n) is 4.34. The van der Waals surface area contributed by atoms with Crippen molar-refractivity contribution in [3.05, 3.63) is 29.3 Å². The Morgan fingerprint density at radius 2 is 1.94 bits per heavy atom. The van der Waals surface area contributed by atoms with Gasteiger partial charge in [0.05, 0.1) is 6.61 Å². The maximum atomic E-state index is 11.9. The van der Waals surface area contributed by atoms with E-state index in [-0.39, 0.29) is 5.78 Å². The van der Waals surface area contributed by atoms with Crippen LogP contribution >= 0.6 is 0 Å². The van der Waals surface area contributed by atoms with Gasteiger partial charge in [0.25, 0.3) is 0 Å². The van der Waals surface area contributed by atoms with Gasteiger partial charge in [-0.05, 0) is 44.5 Å². The highest BCUT2D eigenvalue weighted by atomic mass is 16.5. The molecular weight excluding hydrogens is 226 g/mol. The standard InChI is InChI=1S/C15H23NO2/c1-5-16(6-2)14-8-7-13(11-12(14)3)15(17)9-10-18-4/h7-8,11H,5-6,9-10H2,1-4H3. The maximum absolute atomic E-state index is 11.9. The molecule has 1 rings (SSSR count). The Balaban J connectivity index is 2.88. The van der Waals surface area contributed by atoms with Gasteiger partial charge in [0, 0.05) is 37.9 Å². The van der Waals surface area contributed by atoms with Crippen molar-refractivity contribution in [1.29, 1.82) is 0 Å². The lowest BCUT2D eigenvalue weighted by atomic mass is 10.0. The van der Waals surface area contributed by atoms with E-state index in [4.69, 9.17) is 4.74 Å². The number of benzene rings is 1. The molecule has 0 atom stereocenters. The lowest BCUT2D eigenvalue weighted by Gasteiger charge is -2.23. The lowest BCUT2D eigenvalue weighted by molar-refractivity contribution is 0.0932. The second-order valence-corrected chi connectivity index (χ2v) is 4.34. The Morgan fingerprint density at radius 3 is 2.44 bits per heavy atom. The van der Waals surface area contributed by atoms with E-state index < -0.39 is 0 Å². The number of hydrogen-bond donors (Lipinski definition) is 0. The van der Waals surface area contributed by atoms with E-state index in [0.717, 1.165) is 24.2 Å². The average molecular weight is 249 g/mol. The van der Waals surface area contributed by atoms with Crippen LogP contribution in [0.4, 0.5) is 5.69 Å². The molecule has 3 nitrogen and oxygen atoms in total. The van der Waals surface area contributed by atoms with Crippen molar-refractivity contribution in [1.82, 2.24) is 0 Å². The van der Waals surface area contributed by atoms with Gasteiger partial charge in [-0.1, -0.05) is 0 Å². The van der Waals surface area contributed by atoms with Crippen LogP contribution in [0.15, 0.2) is 18.2 Å². The van der Waals surface area contributed by atoms with Gasteiger partial charge < -0.3 is 9.64 Å². The second kappa shape index (κ2) is 7.17. The molecule has 0 radical (unpaired) electrons. The van der Waals surface area contributed by atoms with E-state index in [2.05, 4.69) is 25.7 Å². The smallest absolute Gasteiger partial charge is 0.165 e. The first-order valence-corrected chi connectivity index (χ1v) is 6.51. The van der Waals surface area contributed by atoms with Gasteiger partial charge in [-0.15, -0.1) is 0 Å². The fourth-order valence-corrected chi connectivity index (χ4v) is 2.09. The van der Waals surface area contributed by atoms with E-state index in [1.807, 2.05) is 18.2 Å². The van der Waals surface area contributed by atoms with Gasteiger partial charge in [-0.3, -0.25) is 4.79 Å². The number of hydrogen-bond acceptors (Lipinski definition) is 3. The monoisotopic (exact) mass is 249 g/mol. The molecule has 18 heavy (non-hydrogen) atoms. The molecule has 3 heteroatoms. The normalized spacial score (nSPS) is 10.4. The molecule has 0 aromatic heterocycles. The summed E-state index contributed by atoms with van der Waals surface area (Å²) in [5.74, 6) is 0.144. The Bertz CT molecular complexity index is 397. The van der Waals surface area contributed by atoms with Crippen LogP contribution in [0.1, 0.15) is 36.2 Å². The summed E-state index contributed by atoms with van der Waals surface area (Å²) >= 11 is 0. The summed E-state index contributed by atoms with van der Waals surface area (Å²) in [6.07, 6.45) is 0.445. The van der Waals surface area contributed by atoms with Gasteiger partial charge in [-0.25, -0.2) is 0 Å². The summed E-state index contributed by atoms with van der Waals surface area (Å²) in [4.78, 5) is 14.2. The first-order chi connectivity index (χ1) is 8.63. The summed E-state index contributed by atoms with van der Waals surface area (Å²) < 4.78 is 4.93. The number of rotatable bonds is 7. The van der Waals surface area contributed by atoms with Crippen molar-refractivity contribution < 1.29 is 9.53 Å². The minimum Gasteiger partial charge on any atom is -0.384 e. The minimum absolute atomic E-state index is 0.144. The first kappa shape index (κ1) is 14.7. The largest absolute Gasteiger partial charge is 0.384 e. The van der Waals surface area contributed by atoms with Crippen LogP contribution in [0.25, 0.3) is 0 Å². The summed E-state index contributed by atoms with van der Waals surface area (Å²) in [5, 5.41) is 0. The molecule has 0 aliphatic heterocycles. The predicted molar refractivity (Wildman–Crippen MR) is 75.6 cm³/mol. The molecule has 0 aliphatic rings. The third-order valence-corrected chi connectivity index (χ3v) is 3.16. The molecule has 1 aromatic carbocycles. The highest BCUT2D eigenvalue weighted by Gasteiger charge is 2.10. The van der Waals surface area contributed by atoms with E-state index >= 15 is 0 Å². The number of aryl methyl sites for hydroxylation is 1. The molecule has 0 heterocycles. The molecule has 0 N–H and O–H groups in total. The molecule has 0 bridgehead atoms. The quantitative estimate of drug-likeness (QED) is 0.696. The molecule has 0 amide bonds. The van der Waals surface area contributed by atoms with Gasteiger partial charge in [0.1, 0.15) is 0 Å². The average Bonchev–Trinajstić information content (AvgIpc) is 2.39. The number of ether oxygens (including phenoxy) is 1. The molecule has 0 aliphatic carbocycles. The third kappa shape index (κ3) is 3.57. The molecule has 0 spiro atoms. The minimum atomic E-state index is 0.144. The van der Waals surface area contributed by atoms with Crippen molar-refractivity contribution >= 4 is 11.5 Å². The number of carbonyl (C=O) groups excluding carboxylic acids is 1. The molecule has 1 aromatic rings. The predicted octanol–water partition coefficient (Wildman–Crippen LogP) is 3.06. The Morgan fingerprint density at radius 1 is 1.28 bits per heavy atom. The third-order valence-electron chi connectivity index (χ3n) is 3.16. The van der Waals surface area contributed by atoms with Crippen LogP contribution in [0.5, 0.6) is 0 Å². The number of anilines is 1. The summed E-state index contributed by atoms with van der Waals surface area (Å²) in [5.41, 5.74) is 3.14. The lowest BCUT2D eigenvalue weighted by Crippen LogP contribution is -2.22. The Kier molecular flexibility index (Phi) is 5.86. The fourth-order valence-electron chi connectivity index (χ4n) is 2.09. The SMILES string of the molecule is CCN(CC)c1ccc(C(=O)CCOC)cc1C. The zero-order chi connectivity index (χ0) is 13.5. The highest BCUT2D eigenvalue weighted by Crippen LogP contribution is 2.21. The molecule has 0 saturated heterocycles. The van der Waals surface area contributed by atoms with E-state index in [1.54, 1.807) is 7.11 Å². The van der Waals surface area contributed by atoms with Crippen LogP contribution in [0.3, 0.4) is 0 Å². The van der Waals surface area contributed by atoms with Crippen molar-refractivity contribution in [3.63, 3.8) is 0 Å². The van der Waals surface area contributed by atoms with Gasteiger partial charge in [0.15, 0.2) is 5.78 Å². The van der Waals surface area contributed by atoms with Crippen LogP contribution in [-0.2, 0) is 4.74 Å². The number of carbonyl (C=O) groups is 1. The summed E-state index contributed by atoms with van der Waals surface area (Å²) in [6.45, 7) is 8.78. The number of ketones is 1. The fraction of sp³-hybridized carbons (Fsp3) is 0.533. The molecular formula is C15H23NO2. The Hall–Kier alpha value is -1.35. The number of methoxy groups -OCH3 is 1. The van der Waals surface area contributed by atoms with Crippen LogP contribution in [0, 0.1) is 6.92 Å². The molecule has 100 valence electrons. The Labute approximate surface area is 110 Å².